The molecule has 8 aliphatic heterocycles. The molecule has 0 unspecified atom stereocenters. The minimum atomic E-state index is -2.82. The van der Waals surface area contributed by atoms with Gasteiger partial charge in [0.1, 0.15) is 0 Å². The summed E-state index contributed by atoms with van der Waals surface area (Å²) in [6, 6.07) is 0. The van der Waals surface area contributed by atoms with Crippen molar-refractivity contribution in [3.05, 3.63) is 0 Å². The Balaban J connectivity index is 0.000000640. The number of hydrogen-bond donors (Lipinski definition) is 1. The lowest BCUT2D eigenvalue weighted by molar-refractivity contribution is -0.121. The topological polar surface area (TPSA) is 84.9 Å². The molecule has 8 rings (SSSR count). The van der Waals surface area contributed by atoms with Crippen LogP contribution in [0.3, 0.4) is 0 Å². The van der Waals surface area contributed by atoms with Gasteiger partial charge >= 0.3 is 0 Å². The Kier molecular flexibility index (Phi) is 37.3. The van der Waals surface area contributed by atoms with Gasteiger partial charge in [0.25, 0.3) is 0 Å². The molecule has 0 aromatic rings. The van der Waals surface area contributed by atoms with Crippen molar-refractivity contribution in [1.29, 1.82) is 0 Å². The maximum Gasteiger partial charge on any atom is 0.220 e. The first-order chi connectivity index (χ1) is 49.2. The fourth-order valence-corrected chi connectivity index (χ4v) is 32.8. The number of hydrogen-bond acceptors (Lipinski definition) is 9. The quantitative estimate of drug-likeness (QED) is 0.255. The standard InChI is InChI=1S/C14H29N.C13H26O.2C13H26S.C12H23NO.C12H24O2S.C12H24O.C12H24S/c1-12(2,3)14(13(4,5)6)8-10-15(7)11-9-14;2*1-11(2,3)13(12(4,5)6)7-9-14-10-8-13;1-11(2,3)13(12(4,5)6)8-7-9-14-10-13;1-10(2,3)12(11(4,5)6)7-9(14)13-8-12;1-10(2,3)12(11(4,5)6)7-8-15(13,14)9-12;2*1-10(2,3)12(11(4,5)6)7-8-13-9-12/h8-11H2,1-7H3;3*7-10H2,1-6H3;7-8H2,1-6H3,(H,13,14);7-9H2,1-6H3;2*7-9H2,1-6H3. The highest BCUT2D eigenvalue weighted by Crippen LogP contribution is 2.65. The molecule has 0 saturated carbocycles. The third-order valence-corrected chi connectivity index (χ3v) is 38.4. The van der Waals surface area contributed by atoms with Crippen LogP contribution >= 0.6 is 35.3 Å². The van der Waals surface area contributed by atoms with Crippen LogP contribution in [0.4, 0.5) is 0 Å². The zero-order chi connectivity index (χ0) is 89.0. The maximum absolute atomic E-state index is 11.7. The summed E-state index contributed by atoms with van der Waals surface area (Å²) in [6.45, 7) is 120. The molecular weight excluding hydrogens is 1450 g/mol. The number of nitrogens with zero attached hydrogens (tertiary/aromatic N) is 1. The highest BCUT2D eigenvalue weighted by atomic mass is 32.2. The normalized spacial score (nSPS) is 23.7. The molecule has 7 nitrogen and oxygen atoms in total. The predicted molar refractivity (Wildman–Crippen MR) is 509 cm³/mol. The van der Waals surface area contributed by atoms with Crippen LogP contribution in [0.15, 0.2) is 0 Å². The molecule has 8 saturated heterocycles. The number of carbonyl (C=O) groups is 1. The van der Waals surface area contributed by atoms with Crippen molar-refractivity contribution >= 4 is 51.0 Å². The summed E-state index contributed by atoms with van der Waals surface area (Å²) in [5.74, 6) is 9.05. The van der Waals surface area contributed by atoms with E-state index >= 15 is 0 Å². The number of likely N-dealkylation sites (tertiary alicyclic amines) is 1. The Morgan fingerprint density at radius 3 is 0.759 bits per heavy atom. The number of amides is 1. The van der Waals surface area contributed by atoms with Crippen LogP contribution in [0, 0.1) is 130 Å². The average molecular weight is 1650 g/mol. The van der Waals surface area contributed by atoms with Gasteiger partial charge in [-0.15, -0.1) is 0 Å². The second kappa shape index (κ2) is 37.8. The predicted octanol–water partition coefficient (Wildman–Crippen LogP) is 30.0. The second-order valence-corrected chi connectivity index (χ2v) is 59.4. The van der Waals surface area contributed by atoms with E-state index in [1.165, 1.54) is 112 Å². The molecular formula is C101H202N2O5S4. The largest absolute Gasteiger partial charge is 0.381 e. The van der Waals surface area contributed by atoms with E-state index in [0.29, 0.717) is 115 Å². The summed E-state index contributed by atoms with van der Waals surface area (Å²) in [7, 11) is -0.575. The first-order valence-corrected chi connectivity index (χ1v) is 50.5. The molecule has 0 bridgehead atoms. The molecule has 670 valence electrons. The first kappa shape index (κ1) is 110. The highest BCUT2D eigenvalue weighted by molar-refractivity contribution is 7.99. The second-order valence-electron chi connectivity index (χ2n) is 53.7. The molecule has 0 aliphatic carbocycles. The van der Waals surface area contributed by atoms with E-state index in [2.05, 4.69) is 385 Å². The van der Waals surface area contributed by atoms with Gasteiger partial charge in [0, 0.05) is 43.6 Å². The molecule has 0 spiro atoms. The van der Waals surface area contributed by atoms with Crippen molar-refractivity contribution < 1.29 is 22.7 Å². The van der Waals surface area contributed by atoms with Gasteiger partial charge in [0.2, 0.25) is 5.91 Å². The zero-order valence-electron chi connectivity index (χ0n) is 85.2. The Morgan fingerprint density at radius 2 is 0.571 bits per heavy atom. The summed E-state index contributed by atoms with van der Waals surface area (Å²) in [4.78, 5) is 13.9. The van der Waals surface area contributed by atoms with Gasteiger partial charge in [-0.05, 0) is 244 Å². The minimum Gasteiger partial charge on any atom is -0.381 e. The third kappa shape index (κ3) is 25.3. The fraction of sp³-hybridized carbons (Fsp3) is 0.990. The zero-order valence-corrected chi connectivity index (χ0v) is 88.5. The summed E-state index contributed by atoms with van der Waals surface area (Å²) in [6.07, 6.45) is 14.8. The van der Waals surface area contributed by atoms with Gasteiger partial charge in [-0.25, -0.2) is 8.42 Å². The van der Waals surface area contributed by atoms with Gasteiger partial charge in [-0.3, -0.25) is 4.79 Å². The van der Waals surface area contributed by atoms with Crippen LogP contribution in [0.2, 0.25) is 0 Å². The van der Waals surface area contributed by atoms with Crippen LogP contribution < -0.4 is 5.32 Å². The average Bonchev–Trinajstić information content (AvgIpc) is 1.48. The van der Waals surface area contributed by atoms with Crippen molar-refractivity contribution in [3.63, 3.8) is 0 Å². The number of ether oxygens (including phenoxy) is 2. The Labute approximate surface area is 717 Å². The van der Waals surface area contributed by atoms with Crippen molar-refractivity contribution in [2.75, 3.05) is 99.1 Å². The fourth-order valence-electron chi connectivity index (χ4n) is 25.2. The van der Waals surface area contributed by atoms with Gasteiger partial charge in [0.15, 0.2) is 9.84 Å². The molecule has 0 radical (unpaired) electrons. The molecule has 8 heterocycles. The molecule has 0 aromatic heterocycles. The van der Waals surface area contributed by atoms with Crippen LogP contribution in [0.1, 0.15) is 409 Å². The molecule has 1 N–H and O–H groups in total. The van der Waals surface area contributed by atoms with Crippen molar-refractivity contribution in [1.82, 2.24) is 10.2 Å². The van der Waals surface area contributed by atoms with Crippen LogP contribution in [-0.4, -0.2) is 118 Å². The van der Waals surface area contributed by atoms with Crippen LogP contribution in [0.5, 0.6) is 0 Å². The lowest BCUT2D eigenvalue weighted by Gasteiger charge is -2.57. The molecule has 112 heavy (non-hydrogen) atoms. The monoisotopic (exact) mass is 1650 g/mol. The van der Waals surface area contributed by atoms with Gasteiger partial charge < -0.3 is 19.7 Å². The number of rotatable bonds is 0. The minimum absolute atomic E-state index is 0.0365. The number of sulfone groups is 1. The third-order valence-electron chi connectivity index (χ3n) is 33.1. The van der Waals surface area contributed by atoms with Gasteiger partial charge in [-0.1, -0.05) is 332 Å². The van der Waals surface area contributed by atoms with Crippen molar-refractivity contribution in [3.8, 4) is 0 Å². The van der Waals surface area contributed by atoms with E-state index in [-0.39, 0.29) is 38.4 Å². The molecule has 0 atom stereocenters. The van der Waals surface area contributed by atoms with Crippen LogP contribution in [-0.2, 0) is 24.1 Å². The van der Waals surface area contributed by atoms with E-state index in [1.807, 2.05) is 0 Å². The number of piperidine rings is 1. The van der Waals surface area contributed by atoms with E-state index in [9.17, 15) is 13.2 Å². The molecule has 1 amide bonds. The number of thioether (sulfide) groups is 3. The van der Waals surface area contributed by atoms with Crippen molar-refractivity contribution in [2.45, 2.75) is 409 Å². The highest BCUT2D eigenvalue weighted by Gasteiger charge is 2.60. The molecule has 8 aliphatic rings. The molecule has 11 heteroatoms. The molecule has 0 aromatic carbocycles. The number of nitrogens with one attached hydrogen (secondary N) is 1. The van der Waals surface area contributed by atoms with Crippen molar-refractivity contribution in [2.24, 2.45) is 130 Å². The van der Waals surface area contributed by atoms with E-state index in [4.69, 9.17) is 9.47 Å². The van der Waals surface area contributed by atoms with E-state index in [1.54, 1.807) is 0 Å². The number of carbonyl (C=O) groups excluding carboxylic acids is 1. The smallest absolute Gasteiger partial charge is 0.220 e. The van der Waals surface area contributed by atoms with Crippen LogP contribution in [0.25, 0.3) is 0 Å². The van der Waals surface area contributed by atoms with Gasteiger partial charge in [-0.2, -0.15) is 35.3 Å². The lowest BCUT2D eigenvalue weighted by atomic mass is 9.50. The van der Waals surface area contributed by atoms with E-state index in [0.717, 1.165) is 39.4 Å². The summed E-state index contributed by atoms with van der Waals surface area (Å²) in [5, 5.41) is 2.98. The summed E-state index contributed by atoms with van der Waals surface area (Å²) in [5.41, 5.74) is 8.07. The lowest BCUT2D eigenvalue weighted by Crippen LogP contribution is -2.52. The summed E-state index contributed by atoms with van der Waals surface area (Å²) < 4.78 is 34.6. The van der Waals surface area contributed by atoms with Gasteiger partial charge in [0.05, 0.1) is 18.1 Å². The summed E-state index contributed by atoms with van der Waals surface area (Å²) >= 11 is 6.42. The van der Waals surface area contributed by atoms with E-state index < -0.39 is 9.84 Å². The first-order valence-electron chi connectivity index (χ1n) is 45.2. The Hall–Kier alpha value is 0.350. The SMILES string of the molecule is CC(C)(C)C1(C(C)(C)C)CCCSC1.CC(C)(C)C1(C(C)(C)C)CCOC1.CC(C)(C)C1(C(C)(C)C)CCOCC1.CC(C)(C)C1(C(C)(C)C)CCS(=O)(=O)C1.CC(C)(C)C1(C(C)(C)C)CCSC1.CC(C)(C)C1(C(C)(C)C)CCSCC1.CC(C)(C)C1(C(C)(C)C)CNC(=O)C1.CN1CCC(C(C)(C)C)(C(C)(C)C)CC1. The molecule has 8 fully saturated rings. The Bertz CT molecular complexity index is 2630. The maximum atomic E-state index is 11.7. The Morgan fingerprint density at radius 1 is 0.304 bits per heavy atom.